The lowest BCUT2D eigenvalue weighted by Crippen LogP contribution is -2.46. The average Bonchev–Trinajstić information content (AvgIpc) is 3.57. The summed E-state index contributed by atoms with van der Waals surface area (Å²) in [5.41, 5.74) is 9.60. The number of hydrogen-bond donors (Lipinski definition) is 2. The van der Waals surface area contributed by atoms with Crippen LogP contribution in [0.1, 0.15) is 68.7 Å². The molecule has 3 atom stereocenters. The third kappa shape index (κ3) is 5.35. The van der Waals surface area contributed by atoms with Gasteiger partial charge in [0, 0.05) is 36.6 Å². The zero-order valence-electron chi connectivity index (χ0n) is 21.7. The Balaban J connectivity index is 1.39. The third-order valence-corrected chi connectivity index (χ3v) is 8.61. The number of hydrogen-bond acceptors (Lipinski definition) is 5. The van der Waals surface area contributed by atoms with Crippen LogP contribution in [0.5, 0.6) is 0 Å². The number of pyridine rings is 1. The van der Waals surface area contributed by atoms with Crippen molar-refractivity contribution in [2.75, 3.05) is 25.0 Å². The molecular weight excluding hydrogens is 469 g/mol. The molecule has 2 fully saturated rings. The number of carbonyl (C=O) groups excluding carboxylic acids is 2. The SMILES string of the molecule is CNC(CC(C(=O)N1CCCC1c1cc(N2CCc3cc(F)ccc32)ccn1)C1CCCCC1)C(N)=O. The van der Waals surface area contributed by atoms with E-state index >= 15 is 0 Å². The minimum absolute atomic E-state index is 0.0876. The van der Waals surface area contributed by atoms with Gasteiger partial charge in [0.1, 0.15) is 5.82 Å². The molecule has 1 aliphatic carbocycles. The summed E-state index contributed by atoms with van der Waals surface area (Å²) < 4.78 is 13.7. The van der Waals surface area contributed by atoms with E-state index < -0.39 is 11.9 Å². The number of likely N-dealkylation sites (N-methyl/N-ethyl adjacent to an activating group) is 1. The molecule has 1 aromatic heterocycles. The van der Waals surface area contributed by atoms with Crippen LogP contribution >= 0.6 is 0 Å². The maximum absolute atomic E-state index is 14.1. The molecule has 2 aromatic rings. The van der Waals surface area contributed by atoms with Gasteiger partial charge in [0.2, 0.25) is 11.8 Å². The van der Waals surface area contributed by atoms with Crippen LogP contribution in [0.3, 0.4) is 0 Å². The van der Waals surface area contributed by atoms with Crippen molar-refractivity contribution in [1.29, 1.82) is 0 Å². The van der Waals surface area contributed by atoms with Crippen LogP contribution in [0.2, 0.25) is 0 Å². The summed E-state index contributed by atoms with van der Waals surface area (Å²) in [5, 5.41) is 3.02. The Morgan fingerprint density at radius 1 is 1.11 bits per heavy atom. The van der Waals surface area contributed by atoms with Crippen molar-refractivity contribution in [2.24, 2.45) is 17.6 Å². The molecule has 0 radical (unpaired) electrons. The Kier molecular flexibility index (Phi) is 7.74. The van der Waals surface area contributed by atoms with E-state index in [0.29, 0.717) is 13.0 Å². The van der Waals surface area contributed by atoms with Crippen LogP contribution < -0.4 is 16.0 Å². The van der Waals surface area contributed by atoms with Crippen LogP contribution in [0.15, 0.2) is 36.5 Å². The van der Waals surface area contributed by atoms with E-state index in [1.54, 1.807) is 13.1 Å². The molecule has 1 saturated carbocycles. The first kappa shape index (κ1) is 25.6. The molecule has 7 nitrogen and oxygen atoms in total. The number of aromatic nitrogens is 1. The summed E-state index contributed by atoms with van der Waals surface area (Å²) in [4.78, 5) is 35.1. The first-order valence-corrected chi connectivity index (χ1v) is 13.7. The van der Waals surface area contributed by atoms with E-state index in [2.05, 4.69) is 16.3 Å². The van der Waals surface area contributed by atoms with E-state index in [0.717, 1.165) is 74.1 Å². The topological polar surface area (TPSA) is 91.6 Å². The van der Waals surface area contributed by atoms with E-state index in [1.165, 1.54) is 12.5 Å². The van der Waals surface area contributed by atoms with Crippen molar-refractivity contribution in [3.05, 3.63) is 53.6 Å². The van der Waals surface area contributed by atoms with Gasteiger partial charge in [-0.2, -0.15) is 0 Å². The van der Waals surface area contributed by atoms with E-state index in [1.807, 2.05) is 23.2 Å². The van der Waals surface area contributed by atoms with Crippen molar-refractivity contribution in [2.45, 2.75) is 69.9 Å². The smallest absolute Gasteiger partial charge is 0.234 e. The molecule has 2 aliphatic heterocycles. The lowest BCUT2D eigenvalue weighted by atomic mass is 9.76. The van der Waals surface area contributed by atoms with Crippen molar-refractivity contribution < 1.29 is 14.0 Å². The van der Waals surface area contributed by atoms with Gasteiger partial charge in [0.15, 0.2) is 0 Å². The fourth-order valence-corrected chi connectivity index (χ4v) is 6.64. The quantitative estimate of drug-likeness (QED) is 0.558. The highest BCUT2D eigenvalue weighted by atomic mass is 19.1. The second-order valence-corrected chi connectivity index (χ2v) is 10.8. The van der Waals surface area contributed by atoms with Gasteiger partial charge >= 0.3 is 0 Å². The van der Waals surface area contributed by atoms with Crippen molar-refractivity contribution in [1.82, 2.24) is 15.2 Å². The molecular formula is C29H38FN5O2. The number of primary amides is 1. The summed E-state index contributed by atoms with van der Waals surface area (Å²) in [6.45, 7) is 1.49. The second-order valence-electron chi connectivity index (χ2n) is 10.8. The molecule has 37 heavy (non-hydrogen) atoms. The summed E-state index contributed by atoms with van der Waals surface area (Å²) in [6.07, 6.45) is 10.4. The maximum Gasteiger partial charge on any atom is 0.234 e. The highest BCUT2D eigenvalue weighted by Gasteiger charge is 2.40. The number of benzene rings is 1. The summed E-state index contributed by atoms with van der Waals surface area (Å²) >= 11 is 0. The van der Waals surface area contributed by atoms with Gasteiger partial charge < -0.3 is 20.9 Å². The first-order chi connectivity index (χ1) is 18.0. The van der Waals surface area contributed by atoms with Crippen LogP contribution in [0, 0.1) is 17.7 Å². The number of anilines is 2. The zero-order valence-corrected chi connectivity index (χ0v) is 21.7. The van der Waals surface area contributed by atoms with Gasteiger partial charge in [0.25, 0.3) is 0 Å². The summed E-state index contributed by atoms with van der Waals surface area (Å²) in [7, 11) is 1.73. The molecule has 198 valence electrons. The molecule has 1 aromatic carbocycles. The Morgan fingerprint density at radius 3 is 2.68 bits per heavy atom. The number of nitrogens with two attached hydrogens (primary N) is 1. The molecule has 1 saturated heterocycles. The minimum atomic E-state index is -0.515. The molecule has 0 bridgehead atoms. The number of nitrogens with one attached hydrogen (secondary N) is 1. The molecule has 3 aliphatic rings. The molecule has 3 unspecified atom stereocenters. The summed E-state index contributed by atoms with van der Waals surface area (Å²) in [5.74, 6) is -0.437. The highest BCUT2D eigenvalue weighted by molar-refractivity contribution is 5.83. The normalized spacial score (nSPS) is 21.6. The molecule has 3 N–H and O–H groups in total. The maximum atomic E-state index is 14.1. The van der Waals surface area contributed by atoms with E-state index in [4.69, 9.17) is 10.7 Å². The van der Waals surface area contributed by atoms with Crippen molar-refractivity contribution in [3.8, 4) is 0 Å². The van der Waals surface area contributed by atoms with Gasteiger partial charge in [-0.3, -0.25) is 14.6 Å². The molecule has 2 amide bonds. The van der Waals surface area contributed by atoms with Crippen LogP contribution in [-0.2, 0) is 16.0 Å². The largest absolute Gasteiger partial charge is 0.368 e. The number of carbonyl (C=O) groups is 2. The van der Waals surface area contributed by atoms with Crippen LogP contribution in [0.25, 0.3) is 0 Å². The molecule has 3 heterocycles. The van der Waals surface area contributed by atoms with Gasteiger partial charge in [-0.1, -0.05) is 19.3 Å². The average molecular weight is 508 g/mol. The third-order valence-electron chi connectivity index (χ3n) is 8.61. The van der Waals surface area contributed by atoms with Crippen LogP contribution in [-0.4, -0.2) is 47.9 Å². The Morgan fingerprint density at radius 2 is 1.92 bits per heavy atom. The Labute approximate surface area is 218 Å². The van der Waals surface area contributed by atoms with Gasteiger partial charge in [0.05, 0.1) is 17.8 Å². The Hall–Kier alpha value is -3.00. The first-order valence-electron chi connectivity index (χ1n) is 13.7. The highest BCUT2D eigenvalue weighted by Crippen LogP contribution is 2.40. The second kappa shape index (κ2) is 11.2. The van der Waals surface area contributed by atoms with Crippen LogP contribution in [0.4, 0.5) is 15.8 Å². The monoisotopic (exact) mass is 507 g/mol. The predicted molar refractivity (Wildman–Crippen MR) is 142 cm³/mol. The van der Waals surface area contributed by atoms with Crippen molar-refractivity contribution in [3.63, 3.8) is 0 Å². The van der Waals surface area contributed by atoms with E-state index in [-0.39, 0.29) is 29.6 Å². The molecule has 0 spiro atoms. The standard InChI is InChI=1S/C29H38FN5O2/c1-32-25(28(31)36)18-23(19-6-3-2-4-7-19)29(37)35-14-5-8-27(35)24-17-22(11-13-33-24)34-15-12-20-16-21(30)9-10-26(20)34/h9-11,13,16-17,19,23,25,27,32H,2-8,12,14-15,18H2,1H3,(H2,31,36). The van der Waals surface area contributed by atoms with Gasteiger partial charge in [-0.25, -0.2) is 4.39 Å². The van der Waals surface area contributed by atoms with E-state index in [9.17, 15) is 14.0 Å². The predicted octanol–water partition coefficient (Wildman–Crippen LogP) is 4.24. The molecule has 8 heteroatoms. The van der Waals surface area contributed by atoms with Gasteiger partial charge in [-0.15, -0.1) is 0 Å². The lowest BCUT2D eigenvalue weighted by molar-refractivity contribution is -0.139. The number of halogens is 1. The minimum Gasteiger partial charge on any atom is -0.368 e. The zero-order chi connectivity index (χ0) is 25.9. The van der Waals surface area contributed by atoms with Crippen molar-refractivity contribution >= 4 is 23.2 Å². The molecule has 5 rings (SSSR count). The fraction of sp³-hybridized carbons (Fsp3) is 0.552. The van der Waals surface area contributed by atoms with Gasteiger partial charge in [-0.05, 0) is 87.4 Å². The number of fused-ring (bicyclic) bond motifs is 1. The summed E-state index contributed by atoms with van der Waals surface area (Å²) in [6, 6.07) is 8.43. The fourth-order valence-electron chi connectivity index (χ4n) is 6.64. The Bertz CT molecular complexity index is 1140. The number of amides is 2. The lowest BCUT2D eigenvalue weighted by Gasteiger charge is -2.36. The number of rotatable bonds is 8. The number of nitrogens with zero attached hydrogens (tertiary/aromatic N) is 3. The number of likely N-dealkylation sites (tertiary alicyclic amines) is 1.